The lowest BCUT2D eigenvalue weighted by Gasteiger charge is -1.96. The molecule has 0 aliphatic heterocycles. The van der Waals surface area contributed by atoms with Crippen LogP contribution >= 0.6 is 0 Å². The SMILES string of the molecule is C=Cc1c(C(=O)OC)[nH]c2ccccc12. The van der Waals surface area contributed by atoms with Gasteiger partial charge >= 0.3 is 5.97 Å². The maximum Gasteiger partial charge on any atom is 0.355 e. The molecular weight excluding hydrogens is 190 g/mol. The molecule has 0 amide bonds. The second kappa shape index (κ2) is 3.61. The van der Waals surface area contributed by atoms with Gasteiger partial charge in [-0.25, -0.2) is 4.79 Å². The Morgan fingerprint density at radius 3 is 2.87 bits per heavy atom. The second-order valence-corrected chi connectivity index (χ2v) is 3.15. The summed E-state index contributed by atoms with van der Waals surface area (Å²) in [6.45, 7) is 3.70. The van der Waals surface area contributed by atoms with Crippen LogP contribution < -0.4 is 0 Å². The van der Waals surface area contributed by atoms with Crippen LogP contribution in [0.1, 0.15) is 16.1 Å². The zero-order valence-electron chi connectivity index (χ0n) is 8.41. The molecule has 2 rings (SSSR count). The summed E-state index contributed by atoms with van der Waals surface area (Å²) < 4.78 is 4.69. The number of hydrogen-bond acceptors (Lipinski definition) is 2. The van der Waals surface area contributed by atoms with Gasteiger partial charge in [-0.1, -0.05) is 30.9 Å². The first kappa shape index (κ1) is 9.52. The smallest absolute Gasteiger partial charge is 0.355 e. The van der Waals surface area contributed by atoms with Crippen molar-refractivity contribution < 1.29 is 9.53 Å². The molecule has 1 heterocycles. The van der Waals surface area contributed by atoms with Crippen LogP contribution in [0.4, 0.5) is 0 Å². The number of aromatic amines is 1. The molecule has 76 valence electrons. The molecule has 1 aromatic carbocycles. The van der Waals surface area contributed by atoms with Crippen LogP contribution in [0.25, 0.3) is 17.0 Å². The molecule has 0 aliphatic carbocycles. The summed E-state index contributed by atoms with van der Waals surface area (Å²) in [5, 5.41) is 0.980. The quantitative estimate of drug-likeness (QED) is 0.759. The van der Waals surface area contributed by atoms with Gasteiger partial charge in [-0.15, -0.1) is 0 Å². The Labute approximate surface area is 87.4 Å². The van der Waals surface area contributed by atoms with Crippen molar-refractivity contribution in [2.75, 3.05) is 7.11 Å². The number of benzene rings is 1. The maximum atomic E-state index is 11.5. The number of methoxy groups -OCH3 is 1. The number of H-pyrrole nitrogens is 1. The molecule has 0 bridgehead atoms. The molecule has 0 saturated heterocycles. The van der Waals surface area contributed by atoms with Gasteiger partial charge in [-0.05, 0) is 6.07 Å². The van der Waals surface area contributed by atoms with Gasteiger partial charge in [-0.3, -0.25) is 0 Å². The monoisotopic (exact) mass is 201 g/mol. The molecule has 1 aromatic heterocycles. The van der Waals surface area contributed by atoms with E-state index in [0.29, 0.717) is 5.69 Å². The van der Waals surface area contributed by atoms with Crippen molar-refractivity contribution in [3.8, 4) is 0 Å². The van der Waals surface area contributed by atoms with E-state index in [-0.39, 0.29) is 5.97 Å². The van der Waals surface area contributed by atoms with Crippen molar-refractivity contribution in [3.63, 3.8) is 0 Å². The van der Waals surface area contributed by atoms with E-state index in [0.717, 1.165) is 16.5 Å². The molecule has 3 heteroatoms. The van der Waals surface area contributed by atoms with Crippen LogP contribution in [0.2, 0.25) is 0 Å². The molecular formula is C12H11NO2. The number of nitrogens with one attached hydrogen (secondary N) is 1. The summed E-state index contributed by atoms with van der Waals surface area (Å²) in [5.41, 5.74) is 2.15. The third-order valence-electron chi connectivity index (χ3n) is 2.34. The Hall–Kier alpha value is -2.03. The van der Waals surface area contributed by atoms with Crippen LogP contribution in [0.3, 0.4) is 0 Å². The highest BCUT2D eigenvalue weighted by molar-refractivity contribution is 6.02. The van der Waals surface area contributed by atoms with Gasteiger partial charge in [0.15, 0.2) is 0 Å². The molecule has 0 atom stereocenters. The Kier molecular flexibility index (Phi) is 2.29. The number of ether oxygens (including phenoxy) is 1. The minimum atomic E-state index is -0.374. The third kappa shape index (κ3) is 1.42. The normalized spacial score (nSPS) is 10.2. The number of para-hydroxylation sites is 1. The number of carbonyl (C=O) groups is 1. The number of aromatic nitrogens is 1. The van der Waals surface area contributed by atoms with Crippen molar-refractivity contribution in [3.05, 3.63) is 42.1 Å². The number of fused-ring (bicyclic) bond motifs is 1. The van der Waals surface area contributed by atoms with Crippen LogP contribution in [-0.2, 0) is 4.74 Å². The van der Waals surface area contributed by atoms with E-state index in [2.05, 4.69) is 11.6 Å². The Morgan fingerprint density at radius 1 is 1.47 bits per heavy atom. The van der Waals surface area contributed by atoms with E-state index in [1.54, 1.807) is 6.08 Å². The van der Waals surface area contributed by atoms with E-state index in [1.807, 2.05) is 24.3 Å². The fourth-order valence-electron chi connectivity index (χ4n) is 1.64. The van der Waals surface area contributed by atoms with Gasteiger partial charge in [-0.2, -0.15) is 0 Å². The van der Waals surface area contributed by atoms with E-state index in [1.165, 1.54) is 7.11 Å². The molecule has 15 heavy (non-hydrogen) atoms. The second-order valence-electron chi connectivity index (χ2n) is 3.15. The Bertz CT molecular complexity index is 525. The Balaban J connectivity index is 2.74. The lowest BCUT2D eigenvalue weighted by atomic mass is 10.1. The van der Waals surface area contributed by atoms with Crippen molar-refractivity contribution in [2.24, 2.45) is 0 Å². The molecule has 3 nitrogen and oxygen atoms in total. The summed E-state index contributed by atoms with van der Waals surface area (Å²) in [4.78, 5) is 14.5. The van der Waals surface area contributed by atoms with Crippen LogP contribution in [0.15, 0.2) is 30.8 Å². The van der Waals surface area contributed by atoms with E-state index in [4.69, 9.17) is 4.74 Å². The zero-order valence-corrected chi connectivity index (χ0v) is 8.41. The number of esters is 1. The number of hydrogen-bond donors (Lipinski definition) is 1. The third-order valence-corrected chi connectivity index (χ3v) is 2.34. The van der Waals surface area contributed by atoms with Crippen molar-refractivity contribution in [1.29, 1.82) is 0 Å². The predicted octanol–water partition coefficient (Wildman–Crippen LogP) is 2.60. The predicted molar refractivity (Wildman–Crippen MR) is 59.7 cm³/mol. The van der Waals surface area contributed by atoms with Gasteiger partial charge in [0.25, 0.3) is 0 Å². The molecule has 0 fully saturated rings. The standard InChI is InChI=1S/C12H11NO2/c1-3-8-9-6-4-5-7-10(9)13-11(8)12(14)15-2/h3-7,13H,1H2,2H3. The van der Waals surface area contributed by atoms with E-state index >= 15 is 0 Å². The zero-order chi connectivity index (χ0) is 10.8. The van der Waals surface area contributed by atoms with Gasteiger partial charge in [0.1, 0.15) is 5.69 Å². The van der Waals surface area contributed by atoms with Crippen molar-refractivity contribution in [2.45, 2.75) is 0 Å². The maximum absolute atomic E-state index is 11.5. The largest absolute Gasteiger partial charge is 0.464 e. The first-order valence-corrected chi connectivity index (χ1v) is 4.59. The summed E-state index contributed by atoms with van der Waals surface area (Å²) in [5.74, 6) is -0.374. The van der Waals surface area contributed by atoms with E-state index in [9.17, 15) is 4.79 Å². The molecule has 0 saturated carbocycles. The minimum Gasteiger partial charge on any atom is -0.464 e. The van der Waals surface area contributed by atoms with Gasteiger partial charge in [0, 0.05) is 16.5 Å². The van der Waals surface area contributed by atoms with Crippen LogP contribution in [0.5, 0.6) is 0 Å². The average molecular weight is 201 g/mol. The van der Waals surface area contributed by atoms with Crippen molar-refractivity contribution in [1.82, 2.24) is 4.98 Å². The molecule has 0 aliphatic rings. The molecule has 0 spiro atoms. The highest BCUT2D eigenvalue weighted by Gasteiger charge is 2.15. The molecule has 1 N–H and O–H groups in total. The Morgan fingerprint density at radius 2 is 2.20 bits per heavy atom. The number of carbonyl (C=O) groups excluding carboxylic acids is 1. The first-order chi connectivity index (χ1) is 7.27. The highest BCUT2D eigenvalue weighted by atomic mass is 16.5. The molecule has 2 aromatic rings. The van der Waals surface area contributed by atoms with Crippen LogP contribution in [-0.4, -0.2) is 18.1 Å². The fraction of sp³-hybridized carbons (Fsp3) is 0.0833. The van der Waals surface area contributed by atoms with E-state index < -0.39 is 0 Å². The summed E-state index contributed by atoms with van der Waals surface area (Å²) in [6, 6.07) is 7.68. The highest BCUT2D eigenvalue weighted by Crippen LogP contribution is 2.23. The minimum absolute atomic E-state index is 0.374. The van der Waals surface area contributed by atoms with Gasteiger partial charge in [0.2, 0.25) is 0 Å². The first-order valence-electron chi connectivity index (χ1n) is 4.59. The topological polar surface area (TPSA) is 42.1 Å². The lowest BCUT2D eigenvalue weighted by molar-refractivity contribution is 0.0595. The summed E-state index contributed by atoms with van der Waals surface area (Å²) >= 11 is 0. The molecule has 0 radical (unpaired) electrons. The molecule has 0 unspecified atom stereocenters. The average Bonchev–Trinajstić information content (AvgIpc) is 2.66. The lowest BCUT2D eigenvalue weighted by Crippen LogP contribution is -2.02. The van der Waals surface area contributed by atoms with Crippen molar-refractivity contribution >= 4 is 22.9 Å². The van der Waals surface area contributed by atoms with Gasteiger partial charge in [0.05, 0.1) is 7.11 Å². The van der Waals surface area contributed by atoms with Crippen LogP contribution in [0, 0.1) is 0 Å². The van der Waals surface area contributed by atoms with Gasteiger partial charge < -0.3 is 9.72 Å². The fourth-order valence-corrected chi connectivity index (χ4v) is 1.64. The summed E-state index contributed by atoms with van der Waals surface area (Å²) in [6.07, 6.45) is 1.66. The summed E-state index contributed by atoms with van der Waals surface area (Å²) in [7, 11) is 1.36. The number of rotatable bonds is 2.